The molecule has 22 heavy (non-hydrogen) atoms. The van der Waals surface area contributed by atoms with Crippen LogP contribution in [0.5, 0.6) is 0 Å². The number of Topliss-reactive ketones (excluding diaryl/α,β-unsaturated/α-hetero) is 1. The highest BCUT2D eigenvalue weighted by atomic mass is 32.2. The highest BCUT2D eigenvalue weighted by Crippen LogP contribution is 2.18. The van der Waals surface area contributed by atoms with Gasteiger partial charge in [0.25, 0.3) is 0 Å². The first-order valence-corrected chi connectivity index (χ1v) is 7.85. The molecule has 0 amide bonds. The molecule has 4 atom stereocenters. The molecule has 0 fully saturated rings. The van der Waals surface area contributed by atoms with Gasteiger partial charge in [0.05, 0.1) is 11.5 Å². The number of aliphatic hydroxyl groups excluding tert-OH is 5. The zero-order valence-electron chi connectivity index (χ0n) is 11.7. The van der Waals surface area contributed by atoms with Crippen LogP contribution in [0.2, 0.25) is 0 Å². The minimum Gasteiger partial charge on any atom is -0.394 e. The number of sulfone groups is 1. The largest absolute Gasteiger partial charge is 0.394 e. The molecule has 124 valence electrons. The third-order valence-electron chi connectivity index (χ3n) is 3.08. The average Bonchev–Trinajstić information content (AvgIpc) is 2.51. The van der Waals surface area contributed by atoms with Gasteiger partial charge in [-0.15, -0.1) is 0 Å². The van der Waals surface area contributed by atoms with Gasteiger partial charge < -0.3 is 25.5 Å². The molecule has 9 heteroatoms. The molecule has 0 aliphatic rings. The fourth-order valence-electron chi connectivity index (χ4n) is 1.64. The predicted molar refractivity (Wildman–Crippen MR) is 74.5 cm³/mol. The second kappa shape index (κ2) is 7.27. The van der Waals surface area contributed by atoms with E-state index in [1.165, 1.54) is 24.3 Å². The number of aryl methyl sites for hydroxylation is 1. The van der Waals surface area contributed by atoms with Crippen LogP contribution in [-0.2, 0) is 14.6 Å². The van der Waals surface area contributed by atoms with Crippen LogP contribution < -0.4 is 0 Å². The molecule has 1 unspecified atom stereocenters. The van der Waals surface area contributed by atoms with Gasteiger partial charge in [-0.25, -0.2) is 8.42 Å². The minimum absolute atomic E-state index is 0.330. The van der Waals surface area contributed by atoms with E-state index in [-0.39, 0.29) is 4.90 Å². The van der Waals surface area contributed by atoms with Crippen molar-refractivity contribution in [1.29, 1.82) is 0 Å². The van der Waals surface area contributed by atoms with Crippen molar-refractivity contribution < 1.29 is 38.7 Å². The number of carbonyl (C=O) groups is 1. The van der Waals surface area contributed by atoms with Crippen LogP contribution >= 0.6 is 0 Å². The summed E-state index contributed by atoms with van der Waals surface area (Å²) in [4.78, 5) is 11.4. The number of aliphatic hydroxyl groups is 5. The van der Waals surface area contributed by atoms with E-state index in [1.807, 2.05) is 0 Å². The molecular formula is C13H18O8S. The number of hydrogen-bond donors (Lipinski definition) is 5. The molecule has 5 N–H and O–H groups in total. The molecule has 0 aliphatic heterocycles. The average molecular weight is 334 g/mol. The van der Waals surface area contributed by atoms with Crippen molar-refractivity contribution in [1.82, 2.24) is 0 Å². The molecule has 1 aromatic carbocycles. The first-order valence-electron chi connectivity index (χ1n) is 6.30. The molecule has 0 aliphatic carbocycles. The Hall–Kier alpha value is -1.36. The zero-order valence-corrected chi connectivity index (χ0v) is 12.5. The Morgan fingerprint density at radius 3 is 2.05 bits per heavy atom. The van der Waals surface area contributed by atoms with Gasteiger partial charge in [-0.05, 0) is 19.1 Å². The van der Waals surface area contributed by atoms with Crippen LogP contribution in [0.4, 0.5) is 0 Å². The summed E-state index contributed by atoms with van der Waals surface area (Å²) in [5, 5.41) is 46.4. The maximum Gasteiger partial charge on any atom is 0.221 e. The summed E-state index contributed by atoms with van der Waals surface area (Å²) in [6, 6.07) is 5.30. The number of hydrogen-bond acceptors (Lipinski definition) is 8. The highest BCUT2D eigenvalue weighted by Gasteiger charge is 2.40. The third kappa shape index (κ3) is 3.88. The van der Waals surface area contributed by atoms with Crippen molar-refractivity contribution in [2.24, 2.45) is 0 Å². The second-order valence-corrected chi connectivity index (χ2v) is 6.81. The van der Waals surface area contributed by atoms with Gasteiger partial charge >= 0.3 is 0 Å². The van der Waals surface area contributed by atoms with Crippen molar-refractivity contribution in [2.75, 3.05) is 6.61 Å². The van der Waals surface area contributed by atoms with E-state index in [2.05, 4.69) is 0 Å². The van der Waals surface area contributed by atoms with Crippen LogP contribution in [0.25, 0.3) is 0 Å². The Bertz CT molecular complexity index is 609. The molecule has 1 aromatic rings. The number of carbonyl (C=O) groups excluding carboxylic acids is 1. The van der Waals surface area contributed by atoms with Crippen molar-refractivity contribution in [3.63, 3.8) is 0 Å². The molecule has 0 spiro atoms. The Labute approximate surface area is 127 Å². The normalized spacial score (nSPS) is 17.5. The van der Waals surface area contributed by atoms with E-state index in [0.29, 0.717) is 0 Å². The standard InChI is InChI=1S/C13H18O8S/c1-7-2-4-8(5-3-7)22(20,21)13(19)12(18)11(17)10(16)9(15)6-14/h2-5,9-11,13-17,19H,6H2,1H3/t9-,10-,11+,13?/m1/s1. The van der Waals surface area contributed by atoms with Gasteiger partial charge in [-0.1, -0.05) is 17.7 Å². The molecule has 0 saturated heterocycles. The van der Waals surface area contributed by atoms with Crippen LogP contribution in [0.3, 0.4) is 0 Å². The first kappa shape index (κ1) is 18.7. The summed E-state index contributed by atoms with van der Waals surface area (Å²) in [6.45, 7) is 0.765. The summed E-state index contributed by atoms with van der Waals surface area (Å²) in [5.41, 5.74) is -1.84. The van der Waals surface area contributed by atoms with E-state index in [1.54, 1.807) is 6.92 Å². The van der Waals surface area contributed by atoms with E-state index >= 15 is 0 Å². The van der Waals surface area contributed by atoms with Crippen molar-refractivity contribution in [3.8, 4) is 0 Å². The lowest BCUT2D eigenvalue weighted by Gasteiger charge is -2.22. The van der Waals surface area contributed by atoms with Gasteiger partial charge in [0, 0.05) is 0 Å². The smallest absolute Gasteiger partial charge is 0.221 e. The van der Waals surface area contributed by atoms with Gasteiger partial charge in [-0.3, -0.25) is 4.79 Å². The van der Waals surface area contributed by atoms with Gasteiger partial charge in [-0.2, -0.15) is 0 Å². The Balaban J connectivity index is 3.00. The summed E-state index contributed by atoms with van der Waals surface area (Å²) in [5.74, 6) is -1.60. The topological polar surface area (TPSA) is 152 Å². The lowest BCUT2D eigenvalue weighted by molar-refractivity contribution is -0.144. The summed E-state index contributed by atoms with van der Waals surface area (Å²) in [7, 11) is -4.48. The monoisotopic (exact) mass is 334 g/mol. The van der Waals surface area contributed by atoms with Crippen molar-refractivity contribution >= 4 is 15.6 Å². The number of benzene rings is 1. The molecule has 1 rings (SSSR count). The van der Waals surface area contributed by atoms with Crippen molar-refractivity contribution in [2.45, 2.75) is 35.6 Å². The van der Waals surface area contributed by atoms with Crippen molar-refractivity contribution in [3.05, 3.63) is 29.8 Å². The molecular weight excluding hydrogens is 316 g/mol. The van der Waals surface area contributed by atoms with E-state index < -0.39 is 46.0 Å². The fourth-order valence-corrected chi connectivity index (χ4v) is 2.86. The number of rotatable bonds is 7. The quantitative estimate of drug-likeness (QED) is 0.374. The van der Waals surface area contributed by atoms with Crippen LogP contribution in [0, 0.1) is 6.92 Å². The SMILES string of the molecule is Cc1ccc(S(=O)(=O)C(O)C(=O)[C@@H](O)[C@H](O)[C@H](O)CO)cc1. The third-order valence-corrected chi connectivity index (χ3v) is 4.83. The molecule has 8 nitrogen and oxygen atoms in total. The highest BCUT2D eigenvalue weighted by molar-refractivity contribution is 7.92. The summed E-state index contributed by atoms with van der Waals surface area (Å²) >= 11 is 0. The predicted octanol–water partition coefficient (Wildman–Crippen LogP) is -2.27. The Morgan fingerprint density at radius 1 is 1.09 bits per heavy atom. The summed E-state index contributed by atoms with van der Waals surface area (Å²) < 4.78 is 24.2. The lowest BCUT2D eigenvalue weighted by atomic mass is 10.1. The molecule has 0 aromatic heterocycles. The number of ketones is 1. The summed E-state index contributed by atoms with van der Waals surface area (Å²) in [6.07, 6.45) is -6.34. The van der Waals surface area contributed by atoms with E-state index in [0.717, 1.165) is 5.56 Å². The van der Waals surface area contributed by atoms with Crippen LogP contribution in [-0.4, -0.2) is 70.1 Å². The Morgan fingerprint density at radius 2 is 1.59 bits per heavy atom. The molecule has 0 saturated carbocycles. The van der Waals surface area contributed by atoms with Gasteiger partial charge in [0.2, 0.25) is 21.1 Å². The zero-order chi connectivity index (χ0) is 17.1. The lowest BCUT2D eigenvalue weighted by Crippen LogP contribution is -2.49. The fraction of sp³-hybridized carbons (Fsp3) is 0.462. The second-order valence-electron chi connectivity index (χ2n) is 4.80. The van der Waals surface area contributed by atoms with Crippen LogP contribution in [0.15, 0.2) is 29.2 Å². The Kier molecular flexibility index (Phi) is 6.17. The van der Waals surface area contributed by atoms with Gasteiger partial charge in [0.15, 0.2) is 0 Å². The van der Waals surface area contributed by atoms with E-state index in [4.69, 9.17) is 10.2 Å². The van der Waals surface area contributed by atoms with E-state index in [9.17, 15) is 28.5 Å². The maximum atomic E-state index is 12.1. The molecule has 0 radical (unpaired) electrons. The first-order chi connectivity index (χ1) is 10.1. The molecule has 0 bridgehead atoms. The van der Waals surface area contributed by atoms with Crippen LogP contribution in [0.1, 0.15) is 5.56 Å². The molecule has 0 heterocycles. The minimum atomic E-state index is -4.48. The van der Waals surface area contributed by atoms with Gasteiger partial charge in [0.1, 0.15) is 18.3 Å². The maximum absolute atomic E-state index is 12.1.